The fraction of sp³-hybridized carbons (Fsp3) is 0.632. The Morgan fingerprint density at radius 2 is 1.33 bits per heavy atom. The minimum atomic E-state index is -1.94. The smallest absolute Gasteiger partial charge is 0.389 e. The molecule has 0 amide bonds. The molecule has 0 aromatic carbocycles. The summed E-state index contributed by atoms with van der Waals surface area (Å²) < 4.78 is 12.0. The summed E-state index contributed by atoms with van der Waals surface area (Å²) in [5.74, 6) is -4.05. The van der Waals surface area contributed by atoms with Gasteiger partial charge in [-0.3, -0.25) is 4.79 Å². The molecule has 51 heavy (non-hydrogen) atoms. The molecule has 2 rings (SSSR count). The van der Waals surface area contributed by atoms with Crippen LogP contribution in [0.25, 0.3) is 0 Å². The summed E-state index contributed by atoms with van der Waals surface area (Å²) in [7, 11) is 0. The zero-order chi connectivity index (χ0) is 37.6. The van der Waals surface area contributed by atoms with Crippen molar-refractivity contribution in [1.29, 1.82) is 0 Å². The van der Waals surface area contributed by atoms with Crippen LogP contribution in [0, 0.1) is 5.92 Å². The number of hydrogen-bond acceptors (Lipinski definition) is 11. The van der Waals surface area contributed by atoms with Crippen LogP contribution < -0.4 is 0 Å². The molecule has 0 saturated carbocycles. The number of carboxylic acids is 1. The van der Waals surface area contributed by atoms with Gasteiger partial charge in [-0.25, -0.2) is 0 Å². The number of rotatable bonds is 1. The molecule has 0 aliphatic carbocycles. The third-order valence-corrected chi connectivity index (χ3v) is 9.34. The van der Waals surface area contributed by atoms with Gasteiger partial charge in [-0.05, 0) is 6.42 Å². The predicted molar refractivity (Wildman–Crippen MR) is 195 cm³/mol. The molecule has 0 spiro atoms. The van der Waals surface area contributed by atoms with E-state index in [1.807, 2.05) is 48.6 Å². The molecule has 0 aromatic rings. The summed E-state index contributed by atoms with van der Waals surface area (Å²) in [6, 6.07) is 0. The molecule has 1 fully saturated rings. The van der Waals surface area contributed by atoms with Gasteiger partial charge in [-0.2, -0.15) is 0 Å². The number of hydrogen-bond donors (Lipinski definition) is 9. The summed E-state index contributed by atoms with van der Waals surface area (Å²) in [4.78, 5) is 11.9. The van der Waals surface area contributed by atoms with E-state index in [-0.39, 0.29) is 58.0 Å². The first-order valence-corrected chi connectivity index (χ1v) is 18.7. The number of ether oxygens (including phenoxy) is 2. The van der Waals surface area contributed by atoms with Crippen LogP contribution in [0.1, 0.15) is 83.5 Å². The Balaban J connectivity index is 2.05. The van der Waals surface area contributed by atoms with Gasteiger partial charge in [0.25, 0.3) is 0 Å². The fourth-order valence-corrected chi connectivity index (χ4v) is 6.46. The molecule has 9 unspecified atom stereocenters. The van der Waals surface area contributed by atoms with E-state index in [9.17, 15) is 50.8 Å². The number of aliphatic hydroxyl groups excluding tert-OH is 7. The first-order chi connectivity index (χ1) is 24.3. The van der Waals surface area contributed by atoms with Crippen LogP contribution in [-0.4, -0.2) is 138 Å². The van der Waals surface area contributed by atoms with Crippen LogP contribution in [-0.2, 0) is 14.3 Å². The van der Waals surface area contributed by atoms with Crippen LogP contribution in [0.5, 0.6) is 0 Å². The Morgan fingerprint density at radius 3 is 2.04 bits per heavy atom. The second-order valence-electron chi connectivity index (χ2n) is 13.5. The zero-order valence-electron chi connectivity index (χ0n) is 29.5. The quantitative estimate of drug-likeness (QED) is 0.177. The number of carboxylic acid groups (broad SMARTS) is 1. The Morgan fingerprint density at radius 1 is 0.706 bits per heavy atom. The Bertz CT molecular complexity index is 1200. The molecular weight excluding hydrogens is 673 g/mol. The molecule has 13 heteroatoms. The third-order valence-electron chi connectivity index (χ3n) is 8.85. The van der Waals surface area contributed by atoms with Gasteiger partial charge in [0, 0.05) is 12.8 Å². The molecule has 9 N–H and O–H groups in total. The average molecular weight is 731 g/mol. The monoisotopic (exact) mass is 730 g/mol. The van der Waals surface area contributed by atoms with Crippen LogP contribution in [0.2, 0.25) is 0 Å². The van der Waals surface area contributed by atoms with E-state index in [0.29, 0.717) is 16.7 Å². The van der Waals surface area contributed by atoms with E-state index in [1.54, 1.807) is 18.2 Å². The van der Waals surface area contributed by atoms with Gasteiger partial charge in [0.05, 0.1) is 18.1 Å². The predicted octanol–water partition coefficient (Wildman–Crippen LogP) is 2.04. The van der Waals surface area contributed by atoms with Crippen molar-refractivity contribution in [3.05, 3.63) is 72.9 Å². The van der Waals surface area contributed by atoms with Crippen molar-refractivity contribution >= 4 is 31.0 Å². The average Bonchev–Trinajstić information content (AvgIpc) is 3.04. The van der Waals surface area contributed by atoms with Crippen LogP contribution in [0.15, 0.2) is 72.9 Å². The molecule has 284 valence electrons. The number of fused-ring (bicyclic) bond motifs is 2. The number of allylic oxidation sites excluding steroid dienone is 10. The van der Waals surface area contributed by atoms with Gasteiger partial charge in [-0.1, -0.05) is 48.6 Å². The van der Waals surface area contributed by atoms with Crippen molar-refractivity contribution in [3.8, 4) is 0 Å². The van der Waals surface area contributed by atoms with Crippen LogP contribution >= 0.6 is 0 Å². The SMILES string of the molecule is O=C(O)[C@@H]1CCC2(O)CC(O)C(O)CCC(O)CC(O)CC(O)C[C](=[Mg])OCCC(O)C/C=C/C=C/CC/C=C/C=C/C=C/C=C/C(O)CC1O2. The van der Waals surface area contributed by atoms with E-state index in [4.69, 9.17) is 9.47 Å². The Hall–Kier alpha value is -2.01. The first-order valence-electron chi connectivity index (χ1n) is 18.0. The summed E-state index contributed by atoms with van der Waals surface area (Å²) in [6.45, 7) is 0.287. The van der Waals surface area contributed by atoms with E-state index in [0.717, 1.165) is 12.8 Å². The maximum absolute atomic E-state index is 11.9. The molecule has 2 bridgehead atoms. The normalized spacial score (nSPS) is 39.4. The molecule has 2 aliphatic rings. The molecule has 2 aliphatic heterocycles. The second kappa shape index (κ2) is 25.1. The van der Waals surface area contributed by atoms with Gasteiger partial charge in [0.15, 0.2) is 5.79 Å². The molecule has 1 saturated heterocycles. The first kappa shape index (κ1) is 45.1. The second-order valence-corrected chi connectivity index (χ2v) is 14.3. The van der Waals surface area contributed by atoms with E-state index in [1.165, 1.54) is 27.3 Å². The number of carbonyl (C=O) groups is 1. The van der Waals surface area contributed by atoms with E-state index in [2.05, 4.69) is 0 Å². The van der Waals surface area contributed by atoms with Crippen molar-refractivity contribution < 1.29 is 60.2 Å². The van der Waals surface area contributed by atoms with Crippen molar-refractivity contribution in [2.45, 2.75) is 138 Å². The van der Waals surface area contributed by atoms with Crippen LogP contribution in [0.4, 0.5) is 0 Å². The van der Waals surface area contributed by atoms with Gasteiger partial charge in [0.2, 0.25) is 0 Å². The van der Waals surface area contributed by atoms with Gasteiger partial charge < -0.3 is 20.1 Å². The van der Waals surface area contributed by atoms with Crippen molar-refractivity contribution in [3.63, 3.8) is 0 Å². The van der Waals surface area contributed by atoms with Crippen molar-refractivity contribution in [1.82, 2.24) is 0 Å². The van der Waals surface area contributed by atoms with Crippen molar-refractivity contribution in [2.75, 3.05) is 6.61 Å². The summed E-state index contributed by atoms with van der Waals surface area (Å²) in [6.07, 6.45) is 15.7. The standard InChI is InChI=1S/C38H58O12.Mg/c39-28-14-12-10-8-6-4-2-1-3-5-7-9-11-13-15-29(40)26-36-33(37(46)47)18-21-38(48,50-36)27-35(45)34(44)17-16-30(41)24-32(43)25-31(42)20-23-49-22-19-28;/h1,3,5-13,15,28-36,39-45,48H,2,4,14,16-22,24-27H2,(H,46,47);/b3-1+,7-5+,8-6+,11-9+,12-10+,15-13+;/t28?,29?,30?,31?,32?,33-,34?,35?,36?,38?;/m1./s1. The maximum atomic E-state index is 11.9. The minimum Gasteiger partial charge on any atom is -0.389 e. The van der Waals surface area contributed by atoms with Gasteiger partial charge in [0.1, 0.15) is 0 Å². The summed E-state index contributed by atoms with van der Waals surface area (Å²) >= 11 is 1.49. The molecular formula is C38H58MgO12. The Labute approximate surface area is 313 Å². The number of aliphatic hydroxyl groups is 8. The Kier molecular flexibility index (Phi) is 22.2. The molecule has 0 aromatic heterocycles. The molecule has 0 radical (unpaired) electrons. The fourth-order valence-electron chi connectivity index (χ4n) is 5.98. The zero-order valence-corrected chi connectivity index (χ0v) is 30.9. The van der Waals surface area contributed by atoms with Gasteiger partial charge >= 0.3 is 198 Å². The molecule has 2 heterocycles. The van der Waals surface area contributed by atoms with E-state index >= 15 is 0 Å². The summed E-state index contributed by atoms with van der Waals surface area (Å²) in [5.41, 5.74) is 0. The summed E-state index contributed by atoms with van der Waals surface area (Å²) in [5, 5.41) is 94.2. The number of aliphatic carboxylic acids is 1. The minimum absolute atomic E-state index is 0.00818. The molecule has 12 nitrogen and oxygen atoms in total. The topological polar surface area (TPSA) is 218 Å². The van der Waals surface area contributed by atoms with Gasteiger partial charge in [-0.15, -0.1) is 0 Å². The molecule has 10 atom stereocenters. The van der Waals surface area contributed by atoms with E-state index < -0.39 is 72.9 Å². The van der Waals surface area contributed by atoms with Crippen LogP contribution in [0.3, 0.4) is 0 Å². The van der Waals surface area contributed by atoms with Crippen molar-refractivity contribution in [2.24, 2.45) is 5.92 Å². The third kappa shape index (κ3) is 20.1.